The first-order chi connectivity index (χ1) is 10.3. The summed E-state index contributed by atoms with van der Waals surface area (Å²) in [6.07, 6.45) is 3.13. The minimum absolute atomic E-state index is 0.254. The molecule has 1 aliphatic heterocycles. The van der Waals surface area contributed by atoms with E-state index >= 15 is 0 Å². The molecule has 1 N–H and O–H groups in total. The summed E-state index contributed by atoms with van der Waals surface area (Å²) in [5.41, 5.74) is 0.686. The van der Waals surface area contributed by atoms with Crippen molar-refractivity contribution >= 4 is 22.4 Å². The Morgan fingerprint density at radius 1 is 1.52 bits per heavy atom. The molecular weight excluding hydrogens is 290 g/mol. The molecule has 1 atom stereocenters. The Bertz CT molecular complexity index is 597. The van der Waals surface area contributed by atoms with E-state index in [2.05, 4.69) is 27.6 Å². The number of rotatable bonds is 6. The van der Waals surface area contributed by atoms with Gasteiger partial charge in [-0.05, 0) is 6.42 Å². The van der Waals surface area contributed by atoms with Crippen molar-refractivity contribution in [2.45, 2.75) is 19.8 Å². The quantitative estimate of drug-likeness (QED) is 0.877. The van der Waals surface area contributed by atoms with Crippen LogP contribution in [0.1, 0.15) is 19.8 Å². The first-order valence-corrected chi connectivity index (χ1v) is 7.83. The van der Waals surface area contributed by atoms with Crippen molar-refractivity contribution in [2.75, 3.05) is 25.0 Å². The van der Waals surface area contributed by atoms with Gasteiger partial charge < -0.3 is 14.7 Å². The normalized spacial score (nSPS) is 18.4. The largest absolute Gasteiger partial charge is 0.364 e. The van der Waals surface area contributed by atoms with Crippen LogP contribution in [0.2, 0.25) is 0 Å². The van der Waals surface area contributed by atoms with Gasteiger partial charge in [0.05, 0.1) is 0 Å². The molecule has 2 aromatic heterocycles. The molecule has 112 valence electrons. The van der Waals surface area contributed by atoms with Crippen LogP contribution in [-0.4, -0.2) is 45.8 Å². The standard InChI is InChI=1S/C13H17N5O2S/c1-2-4-18-8-9(6-11(18)19)7-14-13-16-15-12(21-13)10-3-5-20-17-10/h3,5,9H,2,4,6-8H2,1H3,(H,14,16). The van der Waals surface area contributed by atoms with Crippen LogP contribution < -0.4 is 5.32 Å². The van der Waals surface area contributed by atoms with Crippen molar-refractivity contribution < 1.29 is 9.32 Å². The molecule has 0 aliphatic carbocycles. The summed E-state index contributed by atoms with van der Waals surface area (Å²) >= 11 is 1.43. The smallest absolute Gasteiger partial charge is 0.222 e. The van der Waals surface area contributed by atoms with Gasteiger partial charge in [0.15, 0.2) is 5.01 Å². The first-order valence-electron chi connectivity index (χ1n) is 7.02. The molecule has 0 saturated carbocycles. The fraction of sp³-hybridized carbons (Fsp3) is 0.538. The van der Waals surface area contributed by atoms with E-state index in [-0.39, 0.29) is 5.91 Å². The van der Waals surface area contributed by atoms with E-state index in [4.69, 9.17) is 4.52 Å². The van der Waals surface area contributed by atoms with Gasteiger partial charge in [-0.3, -0.25) is 4.79 Å². The molecule has 1 amide bonds. The molecule has 7 nitrogen and oxygen atoms in total. The fourth-order valence-corrected chi connectivity index (χ4v) is 3.14. The Morgan fingerprint density at radius 3 is 3.19 bits per heavy atom. The van der Waals surface area contributed by atoms with Crippen molar-refractivity contribution in [1.29, 1.82) is 0 Å². The zero-order valence-electron chi connectivity index (χ0n) is 11.8. The number of hydrogen-bond acceptors (Lipinski definition) is 7. The van der Waals surface area contributed by atoms with E-state index in [1.54, 1.807) is 6.07 Å². The summed E-state index contributed by atoms with van der Waals surface area (Å²) in [6, 6.07) is 1.75. The third kappa shape index (κ3) is 3.21. The number of carbonyl (C=O) groups excluding carboxylic acids is 1. The van der Waals surface area contributed by atoms with Crippen molar-refractivity contribution in [3.63, 3.8) is 0 Å². The van der Waals surface area contributed by atoms with Gasteiger partial charge in [-0.1, -0.05) is 23.4 Å². The zero-order valence-corrected chi connectivity index (χ0v) is 12.6. The molecule has 3 heterocycles. The van der Waals surface area contributed by atoms with Gasteiger partial charge in [0, 0.05) is 38.0 Å². The van der Waals surface area contributed by atoms with Crippen LogP contribution in [0.15, 0.2) is 16.9 Å². The highest BCUT2D eigenvalue weighted by atomic mass is 32.1. The van der Waals surface area contributed by atoms with Crippen LogP contribution >= 0.6 is 11.3 Å². The minimum atomic E-state index is 0.254. The third-order valence-corrected chi connectivity index (χ3v) is 4.32. The Labute approximate surface area is 126 Å². The third-order valence-electron chi connectivity index (χ3n) is 3.41. The maximum atomic E-state index is 11.8. The van der Waals surface area contributed by atoms with Crippen LogP contribution in [0.3, 0.4) is 0 Å². The number of likely N-dealkylation sites (tertiary alicyclic amines) is 1. The molecule has 0 radical (unpaired) electrons. The summed E-state index contributed by atoms with van der Waals surface area (Å²) in [7, 11) is 0. The maximum absolute atomic E-state index is 11.8. The van der Waals surface area contributed by atoms with E-state index in [1.807, 2.05) is 4.90 Å². The predicted octanol–water partition coefficient (Wildman–Crippen LogP) is 1.86. The molecule has 0 aromatic carbocycles. The van der Waals surface area contributed by atoms with E-state index in [0.29, 0.717) is 18.0 Å². The molecule has 1 unspecified atom stereocenters. The van der Waals surface area contributed by atoms with Gasteiger partial charge in [-0.15, -0.1) is 10.2 Å². The van der Waals surface area contributed by atoms with E-state index in [9.17, 15) is 4.79 Å². The van der Waals surface area contributed by atoms with Crippen molar-refractivity contribution in [3.8, 4) is 10.7 Å². The van der Waals surface area contributed by atoms with E-state index < -0.39 is 0 Å². The molecule has 1 saturated heterocycles. The summed E-state index contributed by atoms with van der Waals surface area (Å²) < 4.78 is 4.79. The Hall–Kier alpha value is -1.96. The summed E-state index contributed by atoms with van der Waals surface area (Å²) in [5.74, 6) is 0.590. The predicted molar refractivity (Wildman–Crippen MR) is 78.9 cm³/mol. The van der Waals surface area contributed by atoms with Crippen LogP contribution in [0.25, 0.3) is 10.7 Å². The van der Waals surface area contributed by atoms with Crippen LogP contribution in [0.4, 0.5) is 5.13 Å². The second-order valence-electron chi connectivity index (χ2n) is 5.09. The van der Waals surface area contributed by atoms with Crippen LogP contribution in [0.5, 0.6) is 0 Å². The van der Waals surface area contributed by atoms with Gasteiger partial charge in [0.25, 0.3) is 0 Å². The number of amides is 1. The van der Waals surface area contributed by atoms with Gasteiger partial charge in [0.1, 0.15) is 12.0 Å². The van der Waals surface area contributed by atoms with Gasteiger partial charge >= 0.3 is 0 Å². The monoisotopic (exact) mass is 307 g/mol. The molecule has 0 bridgehead atoms. The number of nitrogens with one attached hydrogen (secondary N) is 1. The van der Waals surface area contributed by atoms with Gasteiger partial charge in [-0.25, -0.2) is 0 Å². The molecule has 1 fully saturated rings. The number of anilines is 1. The van der Waals surface area contributed by atoms with E-state index in [1.165, 1.54) is 17.6 Å². The molecule has 1 aliphatic rings. The lowest BCUT2D eigenvalue weighted by Crippen LogP contribution is -2.26. The fourth-order valence-electron chi connectivity index (χ4n) is 2.43. The summed E-state index contributed by atoms with van der Waals surface area (Å²) in [6.45, 7) is 4.50. The van der Waals surface area contributed by atoms with E-state index in [0.717, 1.165) is 36.2 Å². The molecule has 0 spiro atoms. The second-order valence-corrected chi connectivity index (χ2v) is 6.07. The second kappa shape index (κ2) is 6.21. The number of aromatic nitrogens is 3. The first kappa shape index (κ1) is 14.0. The lowest BCUT2D eigenvalue weighted by molar-refractivity contribution is -0.127. The van der Waals surface area contributed by atoms with Crippen molar-refractivity contribution in [3.05, 3.63) is 12.3 Å². The highest BCUT2D eigenvalue weighted by Crippen LogP contribution is 2.25. The lowest BCUT2D eigenvalue weighted by Gasteiger charge is -2.15. The highest BCUT2D eigenvalue weighted by molar-refractivity contribution is 7.18. The maximum Gasteiger partial charge on any atom is 0.222 e. The molecule has 21 heavy (non-hydrogen) atoms. The highest BCUT2D eigenvalue weighted by Gasteiger charge is 2.28. The molecular formula is C13H17N5O2S. The average molecular weight is 307 g/mol. The van der Waals surface area contributed by atoms with Crippen LogP contribution in [-0.2, 0) is 4.79 Å². The Morgan fingerprint density at radius 2 is 2.43 bits per heavy atom. The number of carbonyl (C=O) groups is 1. The molecule has 8 heteroatoms. The van der Waals surface area contributed by atoms with Crippen LogP contribution in [0, 0.1) is 5.92 Å². The minimum Gasteiger partial charge on any atom is -0.364 e. The lowest BCUT2D eigenvalue weighted by atomic mass is 10.1. The topological polar surface area (TPSA) is 84.2 Å². The summed E-state index contributed by atoms with van der Waals surface area (Å²) in [4.78, 5) is 13.7. The number of nitrogens with zero attached hydrogens (tertiary/aromatic N) is 4. The zero-order chi connectivity index (χ0) is 14.7. The molecule has 3 rings (SSSR count). The van der Waals surface area contributed by atoms with Crippen molar-refractivity contribution in [2.24, 2.45) is 5.92 Å². The molecule has 2 aromatic rings. The SMILES string of the molecule is CCCN1CC(CNc2nnc(-c3ccon3)s2)CC1=O. The summed E-state index contributed by atoms with van der Waals surface area (Å²) in [5, 5.41) is 16.7. The van der Waals surface area contributed by atoms with Gasteiger partial charge in [-0.2, -0.15) is 0 Å². The van der Waals surface area contributed by atoms with Crippen molar-refractivity contribution in [1.82, 2.24) is 20.3 Å². The Kier molecular flexibility index (Phi) is 4.14. The number of hydrogen-bond donors (Lipinski definition) is 1. The average Bonchev–Trinajstić information content (AvgIpc) is 3.18. The van der Waals surface area contributed by atoms with Gasteiger partial charge in [0.2, 0.25) is 11.0 Å². The Balaban J connectivity index is 1.53.